The van der Waals surface area contributed by atoms with Gasteiger partial charge in [0.2, 0.25) is 17.2 Å². The van der Waals surface area contributed by atoms with Crippen LogP contribution in [0.1, 0.15) is 27.8 Å². The molecule has 1 aromatic heterocycles. The van der Waals surface area contributed by atoms with Gasteiger partial charge < -0.3 is 60.6 Å². The first-order valence-electron chi connectivity index (χ1n) is 20.9. The van der Waals surface area contributed by atoms with Gasteiger partial charge in [0, 0.05) is 22.0 Å². The van der Waals surface area contributed by atoms with Crippen LogP contribution >= 0.6 is 0 Å². The summed E-state index contributed by atoms with van der Waals surface area (Å²) >= 11 is 0. The number of rotatable bonds is 6. The van der Waals surface area contributed by atoms with Crippen LogP contribution in [-0.2, 0) is 5.41 Å². The molecule has 11 N–H and O–H groups in total. The van der Waals surface area contributed by atoms with E-state index in [2.05, 4.69) is 6.07 Å². The van der Waals surface area contributed by atoms with E-state index in [0.29, 0.717) is 11.1 Å². The second kappa shape index (κ2) is 14.3. The summed E-state index contributed by atoms with van der Waals surface area (Å²) in [5.41, 5.74) is 4.87. The van der Waals surface area contributed by atoms with Crippen molar-refractivity contribution >= 4 is 49.8 Å². The zero-order valence-electron chi connectivity index (χ0n) is 35.1. The lowest BCUT2D eigenvalue weighted by atomic mass is 9.67. The van der Waals surface area contributed by atoms with Crippen molar-refractivity contribution in [3.63, 3.8) is 0 Å². The minimum absolute atomic E-state index is 0.0381. The highest BCUT2D eigenvalue weighted by Gasteiger charge is 2.47. The molecule has 0 saturated heterocycles. The Labute approximate surface area is 379 Å². The molecule has 13 heteroatoms. The second-order valence-corrected chi connectivity index (χ2v) is 16.5. The van der Waals surface area contributed by atoms with E-state index in [0.717, 1.165) is 60.2 Å². The lowest BCUT2D eigenvalue weighted by Crippen LogP contribution is -2.28. The first-order valence-corrected chi connectivity index (χ1v) is 20.9. The zero-order valence-corrected chi connectivity index (χ0v) is 35.1. The first kappa shape index (κ1) is 40.4. The minimum atomic E-state index is -1.28. The normalized spacial score (nSPS) is 12.7. The van der Waals surface area contributed by atoms with Crippen molar-refractivity contribution in [3.8, 4) is 85.5 Å². The molecule has 0 fully saturated rings. The Morgan fingerprint density at radius 3 is 1.55 bits per heavy atom. The number of hydrogen-bond donors (Lipinski definition) is 11. The van der Waals surface area contributed by atoms with E-state index in [4.69, 9.17) is 4.42 Å². The van der Waals surface area contributed by atoms with Gasteiger partial charge in [0.15, 0.2) is 40.2 Å². The lowest BCUT2D eigenvalue weighted by Gasteiger charge is -2.35. The number of fused-ring (bicyclic) bond motifs is 7. The summed E-state index contributed by atoms with van der Waals surface area (Å²) in [6.07, 6.45) is 0. The van der Waals surface area contributed by atoms with Crippen LogP contribution in [-0.4, -0.2) is 56.2 Å². The van der Waals surface area contributed by atoms with Gasteiger partial charge in [-0.2, -0.15) is 0 Å². The van der Waals surface area contributed by atoms with Crippen LogP contribution < -0.4 is 4.90 Å². The molecule has 1 heterocycles. The zero-order chi connectivity index (χ0) is 46.8. The number of furan rings is 1. The molecule has 9 aromatic carbocycles. The molecular formula is C54H37NO12. The van der Waals surface area contributed by atoms with Gasteiger partial charge in [-0.15, -0.1) is 0 Å². The van der Waals surface area contributed by atoms with Gasteiger partial charge in [-0.25, -0.2) is 0 Å². The Bertz CT molecular complexity index is 3670. The largest absolute Gasteiger partial charge is 0.505 e. The minimum Gasteiger partial charge on any atom is -0.505 e. The molecule has 0 amide bonds. The number of phenolic OH excluding ortho intramolecular Hbond substituents is 11. The summed E-state index contributed by atoms with van der Waals surface area (Å²) in [5, 5.41) is 124. The molecule has 0 atom stereocenters. The summed E-state index contributed by atoms with van der Waals surface area (Å²) in [6.45, 7) is 1.23. The number of nitrogens with zero attached hydrogens (tertiary/aromatic N) is 1. The Morgan fingerprint density at radius 2 is 0.896 bits per heavy atom. The van der Waals surface area contributed by atoms with E-state index in [9.17, 15) is 56.2 Å². The van der Waals surface area contributed by atoms with Crippen LogP contribution in [0.4, 0.5) is 17.1 Å². The molecule has 11 rings (SSSR count). The summed E-state index contributed by atoms with van der Waals surface area (Å²) in [5.74, 6) is -12.5. The fourth-order valence-electron chi connectivity index (χ4n) is 10.0. The third kappa shape index (κ3) is 5.36. The number of para-hydroxylation sites is 1. The maximum atomic E-state index is 12.1. The smallest absolute Gasteiger partial charge is 0.205 e. The highest BCUT2D eigenvalue weighted by Crippen LogP contribution is 2.65. The molecule has 0 aliphatic heterocycles. The van der Waals surface area contributed by atoms with Crippen molar-refractivity contribution in [3.05, 3.63) is 167 Å². The third-order valence-electron chi connectivity index (χ3n) is 13.1. The highest BCUT2D eigenvalue weighted by atomic mass is 16.4. The predicted molar refractivity (Wildman–Crippen MR) is 252 cm³/mol. The van der Waals surface area contributed by atoms with Crippen molar-refractivity contribution in [2.75, 3.05) is 4.90 Å². The number of benzene rings is 9. The van der Waals surface area contributed by atoms with E-state index < -0.39 is 90.8 Å². The van der Waals surface area contributed by atoms with E-state index >= 15 is 0 Å². The first-order chi connectivity index (χ1) is 32.3. The number of aromatic hydroxyl groups is 11. The summed E-state index contributed by atoms with van der Waals surface area (Å²) in [7, 11) is 0. The van der Waals surface area contributed by atoms with E-state index in [1.807, 2.05) is 115 Å². The molecule has 0 spiro atoms. The molecule has 330 valence electrons. The van der Waals surface area contributed by atoms with Crippen molar-refractivity contribution in [1.29, 1.82) is 0 Å². The van der Waals surface area contributed by atoms with Gasteiger partial charge in [-0.05, 0) is 81.8 Å². The van der Waals surface area contributed by atoms with Gasteiger partial charge in [0.05, 0.1) is 16.2 Å². The Kier molecular flexibility index (Phi) is 8.64. The molecule has 0 saturated carbocycles. The quantitative estimate of drug-likeness (QED) is 0.0551. The van der Waals surface area contributed by atoms with Crippen molar-refractivity contribution in [2.45, 2.75) is 12.3 Å². The molecule has 0 bridgehead atoms. The Hall–Kier alpha value is -9.36. The topological polar surface area (TPSA) is 239 Å². The molecule has 13 nitrogen and oxygen atoms in total. The predicted octanol–water partition coefficient (Wildman–Crippen LogP) is 11.3. The SMILES string of the molecule is Cc1c(O)c(O)c(O)c(N(c2ccc3c(c2)C(c2ccccc2)(c2ccccc2)c2cc(-c4cccc5oc6ccccc6c45)ccc2-3)c2c(O)c(O)c3c(O)c(O)c(O)c(O)c3c2O)c1O. The Balaban J connectivity index is 1.26. The average Bonchev–Trinajstić information content (AvgIpc) is 3.88. The fraction of sp³-hybridized carbons (Fsp3) is 0.0370. The van der Waals surface area contributed by atoms with Crippen molar-refractivity contribution < 1.29 is 60.6 Å². The number of phenols is 11. The summed E-state index contributed by atoms with van der Waals surface area (Å²) in [4.78, 5) is 0.890. The molecule has 0 radical (unpaired) electrons. The highest BCUT2D eigenvalue weighted by molar-refractivity contribution is 6.14. The standard InChI is InChI=1S/C54H37NO12/c1-25-43(56)41(50(63)51(64)44(25)57)55(42-45(58)39-40(46(59)49(42)62)48(61)53(66)52(65)47(39)60)29-20-22-32-31-21-19-26(30-16-10-18-37-38(30)33-15-8-9-17-36(33)67-37)23-34(31)54(35(32)24-29,27-11-4-2-5-12-27)28-13-6-3-7-14-28/h2-24,56-66H,1H3. The van der Waals surface area contributed by atoms with E-state index in [1.165, 1.54) is 13.0 Å². The molecule has 67 heavy (non-hydrogen) atoms. The van der Waals surface area contributed by atoms with Crippen LogP contribution in [0, 0.1) is 6.92 Å². The third-order valence-corrected chi connectivity index (χ3v) is 13.1. The molecule has 10 aromatic rings. The number of hydrogen-bond acceptors (Lipinski definition) is 13. The van der Waals surface area contributed by atoms with Gasteiger partial charge in [0.25, 0.3) is 0 Å². The summed E-state index contributed by atoms with van der Waals surface area (Å²) < 4.78 is 6.28. The van der Waals surface area contributed by atoms with Gasteiger partial charge in [-0.1, -0.05) is 109 Å². The van der Waals surface area contributed by atoms with Crippen LogP contribution in [0.3, 0.4) is 0 Å². The van der Waals surface area contributed by atoms with Gasteiger partial charge >= 0.3 is 0 Å². The molecule has 1 aliphatic carbocycles. The lowest BCUT2D eigenvalue weighted by molar-refractivity contribution is 0.347. The maximum absolute atomic E-state index is 12.1. The number of anilines is 3. The van der Waals surface area contributed by atoms with Crippen LogP contribution in [0.15, 0.2) is 144 Å². The van der Waals surface area contributed by atoms with Crippen molar-refractivity contribution in [1.82, 2.24) is 0 Å². The fourth-order valence-corrected chi connectivity index (χ4v) is 10.0. The maximum Gasteiger partial charge on any atom is 0.205 e. The molecule has 0 unspecified atom stereocenters. The van der Waals surface area contributed by atoms with Crippen LogP contribution in [0.2, 0.25) is 0 Å². The molecular weight excluding hydrogens is 855 g/mol. The van der Waals surface area contributed by atoms with E-state index in [-0.39, 0.29) is 11.3 Å². The Morgan fingerprint density at radius 1 is 0.388 bits per heavy atom. The monoisotopic (exact) mass is 891 g/mol. The van der Waals surface area contributed by atoms with E-state index in [1.54, 1.807) is 12.1 Å². The average molecular weight is 892 g/mol. The second-order valence-electron chi connectivity index (χ2n) is 16.5. The van der Waals surface area contributed by atoms with Gasteiger partial charge in [-0.3, -0.25) is 4.90 Å². The molecule has 1 aliphatic rings. The van der Waals surface area contributed by atoms with Crippen LogP contribution in [0.5, 0.6) is 63.2 Å². The van der Waals surface area contributed by atoms with Crippen LogP contribution in [0.25, 0.3) is 55.0 Å². The van der Waals surface area contributed by atoms with Crippen molar-refractivity contribution in [2.24, 2.45) is 0 Å². The summed E-state index contributed by atoms with van der Waals surface area (Å²) in [6, 6.07) is 44.3. The van der Waals surface area contributed by atoms with Gasteiger partial charge in [0.1, 0.15) is 28.3 Å².